The summed E-state index contributed by atoms with van der Waals surface area (Å²) < 4.78 is 4.54. The quantitative estimate of drug-likeness (QED) is 0.368. The molecule has 4 aromatic heterocycles. The summed E-state index contributed by atoms with van der Waals surface area (Å²) in [4.78, 5) is 26.3. The van der Waals surface area contributed by atoms with E-state index < -0.39 is 5.54 Å². The number of aromatic nitrogens is 7. The molecule has 1 fully saturated rings. The van der Waals surface area contributed by atoms with Crippen molar-refractivity contribution in [1.29, 1.82) is 5.26 Å². The lowest BCUT2D eigenvalue weighted by Crippen LogP contribution is -2.43. The van der Waals surface area contributed by atoms with Crippen molar-refractivity contribution in [3.63, 3.8) is 0 Å². The number of nitriles is 1. The number of nitrogens with zero attached hydrogens (tertiary/aromatic N) is 9. The number of pyridine rings is 1. The normalized spacial score (nSPS) is 18.7. The van der Waals surface area contributed by atoms with E-state index in [1.807, 2.05) is 13.0 Å². The van der Waals surface area contributed by atoms with Crippen LogP contribution >= 0.6 is 0 Å². The van der Waals surface area contributed by atoms with Crippen molar-refractivity contribution < 1.29 is 5.21 Å². The number of anilines is 2. The lowest BCUT2D eigenvalue weighted by Gasteiger charge is -2.31. The fourth-order valence-electron chi connectivity index (χ4n) is 4.20. The molecule has 0 atom stereocenters. The van der Waals surface area contributed by atoms with Crippen LogP contribution in [-0.2, 0) is 12.6 Å². The van der Waals surface area contributed by atoms with Crippen molar-refractivity contribution in [1.82, 2.24) is 33.7 Å². The first kappa shape index (κ1) is 19.7. The number of aryl methyl sites for hydroxylation is 2. The van der Waals surface area contributed by atoms with Crippen molar-refractivity contribution in [2.24, 2.45) is 12.2 Å². The molecule has 0 radical (unpaired) electrons. The Kier molecular flexibility index (Phi) is 4.40. The zero-order chi connectivity index (χ0) is 22.5. The van der Waals surface area contributed by atoms with E-state index in [1.165, 1.54) is 15.5 Å². The Bertz CT molecular complexity index is 1480. The Morgan fingerprint density at radius 1 is 1.31 bits per heavy atom. The van der Waals surface area contributed by atoms with E-state index in [-0.39, 0.29) is 5.69 Å². The molecule has 0 spiro atoms. The van der Waals surface area contributed by atoms with Crippen LogP contribution in [-0.4, -0.2) is 44.6 Å². The van der Waals surface area contributed by atoms with Gasteiger partial charge in [0.25, 0.3) is 0 Å². The minimum Gasteiger partial charge on any atom is -0.411 e. The first-order chi connectivity index (χ1) is 15.5. The zero-order valence-electron chi connectivity index (χ0n) is 17.5. The Balaban J connectivity index is 1.61. The van der Waals surface area contributed by atoms with Gasteiger partial charge in [0.05, 0.1) is 29.9 Å². The molecule has 4 aromatic rings. The van der Waals surface area contributed by atoms with E-state index in [9.17, 15) is 10.1 Å². The van der Waals surface area contributed by atoms with E-state index in [2.05, 4.69) is 36.6 Å². The van der Waals surface area contributed by atoms with Crippen LogP contribution in [0.15, 0.2) is 34.7 Å². The third-order valence-electron chi connectivity index (χ3n) is 6.10. The van der Waals surface area contributed by atoms with Gasteiger partial charge in [-0.15, -0.1) is 0 Å². The van der Waals surface area contributed by atoms with Gasteiger partial charge in [0, 0.05) is 7.05 Å². The fourth-order valence-corrected chi connectivity index (χ4v) is 4.20. The maximum Gasteiger partial charge on any atom is 0.331 e. The van der Waals surface area contributed by atoms with Gasteiger partial charge in [0.2, 0.25) is 5.95 Å². The van der Waals surface area contributed by atoms with E-state index in [4.69, 9.17) is 5.21 Å². The highest BCUT2D eigenvalue weighted by atomic mass is 16.4. The first-order valence-electron chi connectivity index (χ1n) is 10.1. The van der Waals surface area contributed by atoms with Gasteiger partial charge in [0.15, 0.2) is 11.3 Å². The molecule has 2 N–H and O–H groups in total. The van der Waals surface area contributed by atoms with Gasteiger partial charge < -0.3 is 10.5 Å². The van der Waals surface area contributed by atoms with Crippen LogP contribution in [0.25, 0.3) is 16.8 Å². The molecule has 0 amide bonds. The zero-order valence-corrected chi connectivity index (χ0v) is 17.5. The Hall–Kier alpha value is -4.27. The van der Waals surface area contributed by atoms with Crippen LogP contribution in [0, 0.1) is 18.3 Å². The molecule has 0 bridgehead atoms. The summed E-state index contributed by atoms with van der Waals surface area (Å²) in [6.45, 7) is 1.93. The molecule has 1 aliphatic carbocycles. The van der Waals surface area contributed by atoms with Crippen LogP contribution in [0.3, 0.4) is 0 Å². The van der Waals surface area contributed by atoms with Gasteiger partial charge in [-0.05, 0) is 44.2 Å². The fraction of sp³-hybridized carbons (Fsp3) is 0.350. The second-order valence-corrected chi connectivity index (χ2v) is 7.95. The van der Waals surface area contributed by atoms with E-state index in [1.54, 1.807) is 24.0 Å². The van der Waals surface area contributed by atoms with Gasteiger partial charge >= 0.3 is 5.69 Å². The third-order valence-corrected chi connectivity index (χ3v) is 6.10. The maximum atomic E-state index is 13.1. The summed E-state index contributed by atoms with van der Waals surface area (Å²) >= 11 is 0. The smallest absolute Gasteiger partial charge is 0.331 e. The summed E-state index contributed by atoms with van der Waals surface area (Å²) in [6, 6.07) is 4.22. The maximum absolute atomic E-state index is 13.1. The topological polar surface area (TPSA) is 151 Å². The molecule has 1 aliphatic rings. The summed E-state index contributed by atoms with van der Waals surface area (Å²) in [5, 5.41) is 29.8. The van der Waals surface area contributed by atoms with Crippen molar-refractivity contribution in [2.45, 2.75) is 38.1 Å². The molecular formula is C20H20N10O2. The standard InChI is InChI=1S/C20H20N10O2/c1-12-7-16-23-11-24-29(16)9-14(12)25-18-22-8-15-17(26-18)30(19(31)28(15)2)20(10-21)5-3-13(27-32)4-6-20/h7-9,11,32H,3-6H2,1-2H3,(H,22,25,26). The Labute approximate surface area is 181 Å². The van der Waals surface area contributed by atoms with Crippen LogP contribution in [0.1, 0.15) is 31.2 Å². The van der Waals surface area contributed by atoms with E-state index in [0.29, 0.717) is 48.5 Å². The minimum absolute atomic E-state index is 0.293. The second-order valence-electron chi connectivity index (χ2n) is 7.95. The molecule has 0 aromatic carbocycles. The van der Waals surface area contributed by atoms with E-state index in [0.717, 1.165) is 16.9 Å². The molecule has 32 heavy (non-hydrogen) atoms. The highest BCUT2D eigenvalue weighted by Crippen LogP contribution is 2.34. The minimum atomic E-state index is -1.08. The Morgan fingerprint density at radius 2 is 2.09 bits per heavy atom. The Morgan fingerprint density at radius 3 is 2.81 bits per heavy atom. The number of oxime groups is 1. The van der Waals surface area contributed by atoms with Crippen LogP contribution < -0.4 is 11.0 Å². The molecule has 0 unspecified atom stereocenters. The molecule has 1 saturated carbocycles. The van der Waals surface area contributed by atoms with Crippen LogP contribution in [0.5, 0.6) is 0 Å². The summed E-state index contributed by atoms with van der Waals surface area (Å²) in [6.07, 6.45) is 6.41. The number of nitrogens with one attached hydrogen (secondary N) is 1. The largest absolute Gasteiger partial charge is 0.411 e. The molecule has 4 heterocycles. The molecule has 12 nitrogen and oxygen atoms in total. The van der Waals surface area contributed by atoms with Gasteiger partial charge in [-0.1, -0.05) is 5.16 Å². The van der Waals surface area contributed by atoms with Crippen molar-refractivity contribution in [3.05, 3.63) is 40.8 Å². The molecule has 5 rings (SSSR count). The highest BCUT2D eigenvalue weighted by Gasteiger charge is 2.40. The number of hydrogen-bond donors (Lipinski definition) is 2. The van der Waals surface area contributed by atoms with Gasteiger partial charge in [-0.3, -0.25) is 9.13 Å². The van der Waals surface area contributed by atoms with Crippen molar-refractivity contribution in [3.8, 4) is 6.07 Å². The molecule has 0 aliphatic heterocycles. The lowest BCUT2D eigenvalue weighted by atomic mass is 9.81. The average Bonchev–Trinajstić information content (AvgIpc) is 3.36. The third kappa shape index (κ3) is 2.89. The number of imidazole rings is 1. The number of hydrogen-bond acceptors (Lipinski definition) is 9. The second kappa shape index (κ2) is 7.16. The van der Waals surface area contributed by atoms with Crippen LogP contribution in [0.2, 0.25) is 0 Å². The summed E-state index contributed by atoms with van der Waals surface area (Å²) in [5.74, 6) is 0.293. The highest BCUT2D eigenvalue weighted by molar-refractivity contribution is 5.85. The predicted octanol–water partition coefficient (Wildman–Crippen LogP) is 1.85. The monoisotopic (exact) mass is 432 g/mol. The summed E-state index contributed by atoms with van der Waals surface area (Å²) in [7, 11) is 1.63. The van der Waals surface area contributed by atoms with Crippen LogP contribution in [0.4, 0.5) is 11.6 Å². The van der Waals surface area contributed by atoms with E-state index >= 15 is 0 Å². The first-order valence-corrected chi connectivity index (χ1v) is 10.1. The van der Waals surface area contributed by atoms with Crippen molar-refractivity contribution >= 4 is 34.2 Å². The average molecular weight is 432 g/mol. The number of rotatable bonds is 3. The molecule has 0 saturated heterocycles. The number of fused-ring (bicyclic) bond motifs is 2. The van der Waals surface area contributed by atoms with Gasteiger partial charge in [-0.2, -0.15) is 15.3 Å². The molecule has 12 heteroatoms. The molecular weight excluding hydrogens is 412 g/mol. The van der Waals surface area contributed by atoms with Gasteiger partial charge in [0.1, 0.15) is 17.4 Å². The SMILES string of the molecule is Cc1cc2ncnn2cc1Nc1ncc2c(n1)n(C1(C#N)CCC(=NO)CC1)c(=O)n2C. The van der Waals surface area contributed by atoms with Crippen molar-refractivity contribution in [2.75, 3.05) is 5.32 Å². The lowest BCUT2D eigenvalue weighted by molar-refractivity contribution is 0.290. The predicted molar refractivity (Wildman–Crippen MR) is 115 cm³/mol. The summed E-state index contributed by atoms with van der Waals surface area (Å²) in [5.41, 5.74) is 2.50. The molecule has 162 valence electrons. The van der Waals surface area contributed by atoms with Gasteiger partial charge in [-0.25, -0.2) is 19.3 Å².